The average Bonchev–Trinajstić information content (AvgIpc) is 2.18. The number of hydrogen-bond acceptors (Lipinski definition) is 5. The van der Waals surface area contributed by atoms with Crippen LogP contribution in [-0.4, -0.2) is 19.9 Å². The summed E-state index contributed by atoms with van der Waals surface area (Å²) in [7, 11) is -3.87. The summed E-state index contributed by atoms with van der Waals surface area (Å²) in [4.78, 5) is 11.0. The zero-order valence-corrected chi connectivity index (χ0v) is 12.5. The van der Waals surface area contributed by atoms with Crippen LogP contribution in [0.4, 0.5) is 11.4 Å². The Morgan fingerprint density at radius 2 is 1.90 bits per heavy atom. The van der Waals surface area contributed by atoms with Crippen molar-refractivity contribution < 1.29 is 13.2 Å². The van der Waals surface area contributed by atoms with Crippen molar-refractivity contribution in [2.45, 2.75) is 37.6 Å². The molecule has 0 atom stereocenters. The number of sulfonamides is 1. The molecule has 0 aromatic heterocycles. The molecule has 20 heavy (non-hydrogen) atoms. The standard InChI is InChI=1S/C12H20N4O3S/c1-7-9(16-12(2,3)6-11(14)17)4-8(13)5-10(7)20(15,18)19/h4-5,16H,6,13H2,1-3H3,(H2,14,17)(H2,15,18,19). The quantitative estimate of drug-likeness (QED) is 0.578. The van der Waals surface area contributed by atoms with Crippen LogP contribution in [0.1, 0.15) is 25.8 Å². The number of nitrogen functional groups attached to an aromatic ring is 1. The number of hydrogen-bond donors (Lipinski definition) is 4. The first-order valence-corrected chi connectivity index (χ1v) is 7.46. The fourth-order valence-electron chi connectivity index (χ4n) is 1.98. The van der Waals surface area contributed by atoms with Crippen LogP contribution >= 0.6 is 0 Å². The van der Waals surface area contributed by atoms with Crippen LogP contribution in [0, 0.1) is 6.92 Å². The number of carbonyl (C=O) groups excluding carboxylic acids is 1. The molecule has 0 saturated carbocycles. The molecule has 7 nitrogen and oxygen atoms in total. The lowest BCUT2D eigenvalue weighted by Crippen LogP contribution is -2.36. The Bertz CT molecular complexity index is 638. The Morgan fingerprint density at radius 3 is 2.35 bits per heavy atom. The van der Waals surface area contributed by atoms with E-state index in [1.54, 1.807) is 26.8 Å². The van der Waals surface area contributed by atoms with Crippen LogP contribution in [-0.2, 0) is 14.8 Å². The number of nitrogens with one attached hydrogen (secondary N) is 1. The second kappa shape index (κ2) is 5.29. The first-order chi connectivity index (χ1) is 8.92. The molecule has 0 aliphatic rings. The third kappa shape index (κ3) is 4.10. The molecule has 8 heteroatoms. The topological polar surface area (TPSA) is 141 Å². The number of rotatable bonds is 5. The molecule has 0 heterocycles. The molecule has 1 aromatic rings. The third-order valence-electron chi connectivity index (χ3n) is 2.78. The van der Waals surface area contributed by atoms with Crippen LogP contribution in [0.2, 0.25) is 0 Å². The average molecular weight is 300 g/mol. The predicted molar refractivity (Wildman–Crippen MR) is 78.5 cm³/mol. The fraction of sp³-hybridized carbons (Fsp3) is 0.417. The van der Waals surface area contributed by atoms with Crippen LogP contribution in [0.3, 0.4) is 0 Å². The summed E-state index contributed by atoms with van der Waals surface area (Å²) < 4.78 is 23.0. The second-order valence-corrected chi connectivity index (χ2v) is 6.92. The minimum absolute atomic E-state index is 0.0464. The summed E-state index contributed by atoms with van der Waals surface area (Å²) in [5.74, 6) is -0.462. The van der Waals surface area contributed by atoms with Gasteiger partial charge in [-0.15, -0.1) is 0 Å². The van der Waals surface area contributed by atoms with Crippen molar-refractivity contribution >= 4 is 27.3 Å². The van der Waals surface area contributed by atoms with Gasteiger partial charge < -0.3 is 16.8 Å². The van der Waals surface area contributed by atoms with Gasteiger partial charge >= 0.3 is 0 Å². The maximum atomic E-state index is 11.5. The van der Waals surface area contributed by atoms with E-state index in [0.29, 0.717) is 11.3 Å². The molecular formula is C12H20N4O3S. The minimum Gasteiger partial charge on any atom is -0.399 e. The van der Waals surface area contributed by atoms with Crippen LogP contribution in [0.15, 0.2) is 17.0 Å². The van der Waals surface area contributed by atoms with Gasteiger partial charge in [0.15, 0.2) is 0 Å². The van der Waals surface area contributed by atoms with Crippen LogP contribution in [0.5, 0.6) is 0 Å². The summed E-state index contributed by atoms with van der Waals surface area (Å²) in [6.45, 7) is 5.16. The van der Waals surface area contributed by atoms with E-state index >= 15 is 0 Å². The van der Waals surface area contributed by atoms with Gasteiger partial charge in [-0.3, -0.25) is 4.79 Å². The van der Waals surface area contributed by atoms with Crippen molar-refractivity contribution in [2.24, 2.45) is 10.9 Å². The Labute approximate surface area is 118 Å². The molecule has 0 saturated heterocycles. The first kappa shape index (κ1) is 16.3. The van der Waals surface area contributed by atoms with Gasteiger partial charge in [0, 0.05) is 23.3 Å². The van der Waals surface area contributed by atoms with E-state index in [-0.39, 0.29) is 17.0 Å². The summed E-state index contributed by atoms with van der Waals surface area (Å²) in [5.41, 5.74) is 11.4. The van der Waals surface area contributed by atoms with Crippen molar-refractivity contribution in [2.75, 3.05) is 11.1 Å². The van der Waals surface area contributed by atoms with Crippen LogP contribution in [0.25, 0.3) is 0 Å². The highest BCUT2D eigenvalue weighted by molar-refractivity contribution is 7.89. The number of anilines is 2. The smallest absolute Gasteiger partial charge is 0.238 e. The van der Waals surface area contributed by atoms with E-state index in [9.17, 15) is 13.2 Å². The molecule has 0 radical (unpaired) electrons. The second-order valence-electron chi connectivity index (χ2n) is 5.39. The van der Waals surface area contributed by atoms with Gasteiger partial charge in [-0.25, -0.2) is 13.6 Å². The van der Waals surface area contributed by atoms with Gasteiger partial charge in [-0.2, -0.15) is 0 Å². The van der Waals surface area contributed by atoms with E-state index in [4.69, 9.17) is 16.6 Å². The van der Waals surface area contributed by atoms with Gasteiger partial charge in [-0.1, -0.05) is 0 Å². The molecule has 0 spiro atoms. The Hall–Kier alpha value is -1.80. The lowest BCUT2D eigenvalue weighted by atomic mass is 9.99. The predicted octanol–water partition coefficient (Wildman–Crippen LogP) is 0.291. The Balaban J connectivity index is 3.27. The van der Waals surface area contributed by atoms with Gasteiger partial charge in [0.25, 0.3) is 0 Å². The van der Waals surface area contributed by atoms with Crippen molar-refractivity contribution in [3.05, 3.63) is 17.7 Å². The molecule has 1 amide bonds. The highest BCUT2D eigenvalue weighted by atomic mass is 32.2. The van der Waals surface area contributed by atoms with E-state index in [2.05, 4.69) is 5.32 Å². The lowest BCUT2D eigenvalue weighted by Gasteiger charge is -2.28. The Morgan fingerprint density at radius 1 is 1.35 bits per heavy atom. The van der Waals surface area contributed by atoms with Crippen LogP contribution < -0.4 is 21.9 Å². The first-order valence-electron chi connectivity index (χ1n) is 5.92. The largest absolute Gasteiger partial charge is 0.399 e. The van der Waals surface area contributed by atoms with Crippen molar-refractivity contribution in [1.82, 2.24) is 0 Å². The van der Waals surface area contributed by atoms with E-state index < -0.39 is 21.5 Å². The summed E-state index contributed by atoms with van der Waals surface area (Å²) in [6.07, 6.45) is 0.0892. The molecule has 1 aromatic carbocycles. The molecule has 0 bridgehead atoms. The summed E-state index contributed by atoms with van der Waals surface area (Å²) in [6, 6.07) is 2.89. The number of amides is 1. The normalized spacial score (nSPS) is 12.2. The number of benzene rings is 1. The molecule has 0 aliphatic heterocycles. The molecule has 0 unspecified atom stereocenters. The zero-order valence-electron chi connectivity index (χ0n) is 11.7. The van der Waals surface area contributed by atoms with E-state index in [1.165, 1.54) is 6.07 Å². The monoisotopic (exact) mass is 300 g/mol. The van der Waals surface area contributed by atoms with Gasteiger partial charge in [0.2, 0.25) is 15.9 Å². The molecule has 0 fully saturated rings. The molecular weight excluding hydrogens is 280 g/mol. The highest BCUT2D eigenvalue weighted by Gasteiger charge is 2.23. The maximum absolute atomic E-state index is 11.5. The number of primary sulfonamides is 1. The molecule has 112 valence electrons. The molecule has 0 aliphatic carbocycles. The number of carbonyl (C=O) groups is 1. The van der Waals surface area contributed by atoms with E-state index in [1.807, 2.05) is 0 Å². The Kier molecular flexibility index (Phi) is 4.30. The summed E-state index contributed by atoms with van der Waals surface area (Å²) in [5, 5.41) is 8.23. The SMILES string of the molecule is Cc1c(NC(C)(C)CC(N)=O)cc(N)cc1S(N)(=O)=O. The lowest BCUT2D eigenvalue weighted by molar-refractivity contribution is -0.118. The maximum Gasteiger partial charge on any atom is 0.238 e. The molecule has 1 rings (SSSR count). The fourth-order valence-corrected chi connectivity index (χ4v) is 2.82. The number of primary amides is 1. The van der Waals surface area contributed by atoms with Gasteiger partial charge in [0.05, 0.1) is 4.90 Å². The zero-order chi connectivity index (χ0) is 15.7. The minimum atomic E-state index is -3.87. The highest BCUT2D eigenvalue weighted by Crippen LogP contribution is 2.29. The molecule has 7 N–H and O–H groups in total. The van der Waals surface area contributed by atoms with Crippen molar-refractivity contribution in [3.63, 3.8) is 0 Å². The van der Waals surface area contributed by atoms with E-state index in [0.717, 1.165) is 0 Å². The van der Waals surface area contributed by atoms with Crippen molar-refractivity contribution in [3.8, 4) is 0 Å². The number of nitrogens with two attached hydrogens (primary N) is 3. The third-order valence-corrected chi connectivity index (χ3v) is 3.82. The van der Waals surface area contributed by atoms with Gasteiger partial charge in [0.1, 0.15) is 0 Å². The summed E-state index contributed by atoms with van der Waals surface area (Å²) >= 11 is 0. The van der Waals surface area contributed by atoms with Gasteiger partial charge in [-0.05, 0) is 38.5 Å². The van der Waals surface area contributed by atoms with Crippen molar-refractivity contribution in [1.29, 1.82) is 0 Å².